The van der Waals surface area contributed by atoms with Gasteiger partial charge in [0.1, 0.15) is 19.2 Å². The van der Waals surface area contributed by atoms with Gasteiger partial charge in [0.25, 0.3) is 0 Å². The Morgan fingerprint density at radius 3 is 2.56 bits per heavy atom. The van der Waals surface area contributed by atoms with Gasteiger partial charge in [0.05, 0.1) is 5.41 Å². The molecule has 4 rings (SSSR count). The van der Waals surface area contributed by atoms with Crippen LogP contribution in [0.15, 0.2) is 67.3 Å². The average molecular weight is 432 g/mol. The summed E-state index contributed by atoms with van der Waals surface area (Å²) in [4.78, 5) is 32.0. The molecule has 1 fully saturated rings. The van der Waals surface area contributed by atoms with Crippen molar-refractivity contribution in [2.45, 2.75) is 39.3 Å². The predicted octanol–water partition coefficient (Wildman–Crippen LogP) is 2.93. The molecule has 0 bridgehead atoms. The van der Waals surface area contributed by atoms with E-state index >= 15 is 0 Å². The molecule has 0 spiro atoms. The molecule has 166 valence electrons. The van der Waals surface area contributed by atoms with Gasteiger partial charge in [-0.1, -0.05) is 54.6 Å². The first-order chi connectivity index (χ1) is 15.5. The second-order valence-electron chi connectivity index (χ2n) is 8.77. The Balaban J connectivity index is 1.61. The molecule has 1 aliphatic rings. The van der Waals surface area contributed by atoms with Gasteiger partial charge in [0.2, 0.25) is 11.8 Å². The minimum absolute atomic E-state index is 0.00594. The maximum Gasteiger partial charge on any atom is 0.244 e. The molecule has 7 nitrogen and oxygen atoms in total. The Hall–Kier alpha value is -3.48. The highest BCUT2D eigenvalue weighted by atomic mass is 16.2. The lowest BCUT2D eigenvalue weighted by Crippen LogP contribution is -2.47. The van der Waals surface area contributed by atoms with Crippen LogP contribution in [-0.4, -0.2) is 50.6 Å². The van der Waals surface area contributed by atoms with Crippen LogP contribution in [0.25, 0.3) is 11.1 Å². The first kappa shape index (κ1) is 21.7. The van der Waals surface area contributed by atoms with E-state index in [0.717, 1.165) is 16.7 Å². The molecule has 0 aliphatic carbocycles. The smallest absolute Gasteiger partial charge is 0.244 e. The van der Waals surface area contributed by atoms with Crippen LogP contribution in [0.3, 0.4) is 0 Å². The fourth-order valence-corrected chi connectivity index (χ4v) is 4.40. The minimum atomic E-state index is -0.673. The molecule has 0 radical (unpaired) electrons. The van der Waals surface area contributed by atoms with E-state index in [9.17, 15) is 9.59 Å². The number of likely N-dealkylation sites (tertiary alicyclic amines) is 1. The van der Waals surface area contributed by atoms with Crippen LogP contribution >= 0.6 is 0 Å². The van der Waals surface area contributed by atoms with Crippen LogP contribution < -0.4 is 5.32 Å². The molecular weight excluding hydrogens is 402 g/mol. The van der Waals surface area contributed by atoms with Crippen molar-refractivity contribution in [2.75, 3.05) is 13.1 Å². The molecule has 0 saturated carbocycles. The van der Waals surface area contributed by atoms with Gasteiger partial charge in [-0.15, -0.1) is 0 Å². The lowest BCUT2D eigenvalue weighted by Gasteiger charge is -2.30. The average Bonchev–Trinajstić information content (AvgIpc) is 3.45. The highest BCUT2D eigenvalue weighted by molar-refractivity contribution is 5.86. The topological polar surface area (TPSA) is 80.1 Å². The number of hydrogen-bond acceptors (Lipinski definition) is 4. The Labute approximate surface area is 188 Å². The van der Waals surface area contributed by atoms with Crippen molar-refractivity contribution in [2.24, 2.45) is 5.41 Å². The summed E-state index contributed by atoms with van der Waals surface area (Å²) in [6.45, 7) is 5.00. The monoisotopic (exact) mass is 431 g/mol. The number of amides is 2. The quantitative estimate of drug-likeness (QED) is 0.624. The number of rotatable bonds is 7. The van der Waals surface area contributed by atoms with Crippen LogP contribution in [0.1, 0.15) is 25.8 Å². The maximum absolute atomic E-state index is 13.4. The summed E-state index contributed by atoms with van der Waals surface area (Å²) < 4.78 is 1.52. The highest BCUT2D eigenvalue weighted by Crippen LogP contribution is 2.37. The zero-order chi connectivity index (χ0) is 22.6. The van der Waals surface area contributed by atoms with Gasteiger partial charge in [-0.3, -0.25) is 9.59 Å². The van der Waals surface area contributed by atoms with Crippen LogP contribution in [0.2, 0.25) is 0 Å². The first-order valence-electron chi connectivity index (χ1n) is 11.0. The van der Waals surface area contributed by atoms with Gasteiger partial charge in [0.15, 0.2) is 0 Å². The van der Waals surface area contributed by atoms with Crippen LogP contribution in [0.5, 0.6) is 0 Å². The van der Waals surface area contributed by atoms with E-state index in [1.54, 1.807) is 4.90 Å². The van der Waals surface area contributed by atoms with E-state index in [1.807, 2.05) is 44.2 Å². The van der Waals surface area contributed by atoms with Crippen molar-refractivity contribution in [3.8, 4) is 11.1 Å². The van der Waals surface area contributed by atoms with Crippen LogP contribution in [-0.2, 0) is 22.6 Å². The molecule has 7 heteroatoms. The summed E-state index contributed by atoms with van der Waals surface area (Å²) in [6.07, 6.45) is 4.14. The summed E-state index contributed by atoms with van der Waals surface area (Å²) >= 11 is 0. The van der Waals surface area contributed by atoms with E-state index in [0.29, 0.717) is 25.9 Å². The molecule has 3 aromatic rings. The fourth-order valence-electron chi connectivity index (χ4n) is 4.40. The van der Waals surface area contributed by atoms with E-state index in [1.165, 1.54) is 17.3 Å². The molecule has 32 heavy (non-hydrogen) atoms. The Morgan fingerprint density at radius 2 is 1.84 bits per heavy atom. The number of hydrogen-bond donors (Lipinski definition) is 1. The van der Waals surface area contributed by atoms with Crippen molar-refractivity contribution in [3.63, 3.8) is 0 Å². The van der Waals surface area contributed by atoms with E-state index in [-0.39, 0.29) is 24.4 Å². The van der Waals surface area contributed by atoms with Gasteiger partial charge in [-0.25, -0.2) is 9.67 Å². The first-order valence-corrected chi connectivity index (χ1v) is 11.0. The van der Waals surface area contributed by atoms with Gasteiger partial charge < -0.3 is 10.2 Å². The predicted molar refractivity (Wildman–Crippen MR) is 123 cm³/mol. The van der Waals surface area contributed by atoms with Gasteiger partial charge in [-0.2, -0.15) is 5.10 Å². The zero-order valence-corrected chi connectivity index (χ0v) is 18.6. The number of carbonyl (C=O) groups is 2. The van der Waals surface area contributed by atoms with Crippen molar-refractivity contribution in [1.29, 1.82) is 0 Å². The number of aromatic nitrogens is 3. The Kier molecular flexibility index (Phi) is 6.35. The normalized spacial score (nSPS) is 18.2. The molecule has 0 unspecified atom stereocenters. The summed E-state index contributed by atoms with van der Waals surface area (Å²) in [5, 5.41) is 7.14. The third kappa shape index (κ3) is 4.72. The molecule has 1 aromatic heterocycles. The van der Waals surface area contributed by atoms with E-state index in [2.05, 4.69) is 39.7 Å². The SMILES string of the molecule is CC(C)NC(=O)[C@@]1(Cc2ccccc2-c2ccccc2)CCN(C(=O)Cn2cncn2)C1. The highest BCUT2D eigenvalue weighted by Gasteiger charge is 2.46. The molecular formula is C25H29N5O2. The molecule has 2 aromatic carbocycles. The largest absolute Gasteiger partial charge is 0.353 e. The maximum atomic E-state index is 13.4. The van der Waals surface area contributed by atoms with Gasteiger partial charge >= 0.3 is 0 Å². The Morgan fingerprint density at radius 1 is 1.09 bits per heavy atom. The number of nitrogens with zero attached hydrogens (tertiary/aromatic N) is 4. The lowest BCUT2D eigenvalue weighted by atomic mass is 9.78. The van der Waals surface area contributed by atoms with Gasteiger partial charge in [-0.05, 0) is 43.4 Å². The third-order valence-corrected chi connectivity index (χ3v) is 6.00. The van der Waals surface area contributed by atoms with Gasteiger partial charge in [0, 0.05) is 19.1 Å². The standard InChI is InChI=1S/C25H29N5O2/c1-19(2)28-24(32)25(12-13-29(16-25)23(31)15-30-18-26-17-27-30)14-21-10-6-7-11-22(21)20-8-4-3-5-9-20/h3-11,17-19H,12-16H2,1-2H3,(H,28,32)/t25-/m1/s1. The van der Waals surface area contributed by atoms with Crippen molar-refractivity contribution >= 4 is 11.8 Å². The molecule has 1 atom stereocenters. The number of nitrogens with one attached hydrogen (secondary N) is 1. The van der Waals surface area contributed by atoms with Crippen LogP contribution in [0.4, 0.5) is 0 Å². The summed E-state index contributed by atoms with van der Waals surface area (Å²) in [5.74, 6) is -0.0440. The molecule has 2 amide bonds. The second-order valence-corrected chi connectivity index (χ2v) is 8.77. The zero-order valence-electron chi connectivity index (χ0n) is 18.6. The third-order valence-electron chi connectivity index (χ3n) is 6.00. The molecule has 1 saturated heterocycles. The van der Waals surface area contributed by atoms with E-state index < -0.39 is 5.41 Å². The fraction of sp³-hybridized carbons (Fsp3) is 0.360. The lowest BCUT2D eigenvalue weighted by molar-refractivity contribution is -0.134. The summed E-state index contributed by atoms with van der Waals surface area (Å²) in [7, 11) is 0. The molecule has 1 N–H and O–H groups in total. The van der Waals surface area contributed by atoms with Crippen LogP contribution in [0, 0.1) is 5.41 Å². The number of carbonyl (C=O) groups excluding carboxylic acids is 2. The van der Waals surface area contributed by atoms with Crippen molar-refractivity contribution < 1.29 is 9.59 Å². The van der Waals surface area contributed by atoms with Crippen molar-refractivity contribution in [3.05, 3.63) is 72.8 Å². The molecule has 2 heterocycles. The summed E-state index contributed by atoms with van der Waals surface area (Å²) in [5.41, 5.74) is 2.69. The summed E-state index contributed by atoms with van der Waals surface area (Å²) in [6, 6.07) is 18.5. The molecule has 1 aliphatic heterocycles. The minimum Gasteiger partial charge on any atom is -0.353 e. The Bertz CT molecular complexity index is 1060. The van der Waals surface area contributed by atoms with Crippen molar-refractivity contribution in [1.82, 2.24) is 25.0 Å². The second kappa shape index (κ2) is 9.34. The number of benzene rings is 2. The van der Waals surface area contributed by atoms with E-state index in [4.69, 9.17) is 0 Å².